The van der Waals surface area contributed by atoms with Crippen LogP contribution in [0, 0.1) is 0 Å². The molecule has 11 heteroatoms. The number of aryl methyl sites for hydroxylation is 1. The van der Waals surface area contributed by atoms with E-state index in [-0.39, 0.29) is 28.3 Å². The molecule has 3 aromatic rings. The number of aromatic carboxylic acids is 1. The number of rotatable bonds is 6. The van der Waals surface area contributed by atoms with Gasteiger partial charge in [0.1, 0.15) is 0 Å². The van der Waals surface area contributed by atoms with E-state index < -0.39 is 27.7 Å². The molecule has 0 bridgehead atoms. The van der Waals surface area contributed by atoms with Crippen LogP contribution in [0.1, 0.15) is 28.4 Å². The van der Waals surface area contributed by atoms with Gasteiger partial charge in [0.25, 0.3) is 10.0 Å². The summed E-state index contributed by atoms with van der Waals surface area (Å²) in [5.74, 6) is -1.33. The standard InChI is InChI=1S/C19H16F3N3O4S/c1-2-12-3-4-13(18(26)27)9-17(12)30(28,29)24-15-10-14(19(20,21)22)5-6-16(15)25-8-7-23-11-25/h3-11,24H,2H2,1H3,(H,26,27). The third-order valence-corrected chi connectivity index (χ3v) is 5.78. The summed E-state index contributed by atoms with van der Waals surface area (Å²) >= 11 is 0. The maximum Gasteiger partial charge on any atom is 0.416 e. The highest BCUT2D eigenvalue weighted by Crippen LogP contribution is 2.34. The van der Waals surface area contributed by atoms with E-state index in [2.05, 4.69) is 9.71 Å². The lowest BCUT2D eigenvalue weighted by Gasteiger charge is -2.17. The Morgan fingerprint density at radius 3 is 2.50 bits per heavy atom. The van der Waals surface area contributed by atoms with Gasteiger partial charge in [0.15, 0.2) is 0 Å². The van der Waals surface area contributed by atoms with Crippen LogP contribution in [0.5, 0.6) is 0 Å². The molecule has 0 atom stereocenters. The fourth-order valence-electron chi connectivity index (χ4n) is 2.85. The van der Waals surface area contributed by atoms with Gasteiger partial charge >= 0.3 is 12.1 Å². The number of halogens is 3. The second kappa shape index (κ2) is 7.82. The van der Waals surface area contributed by atoms with Crippen molar-refractivity contribution < 1.29 is 31.5 Å². The van der Waals surface area contributed by atoms with Crippen LogP contribution < -0.4 is 4.72 Å². The number of hydrogen-bond donors (Lipinski definition) is 2. The maximum atomic E-state index is 13.2. The average Bonchev–Trinajstić information content (AvgIpc) is 3.20. The van der Waals surface area contributed by atoms with Crippen molar-refractivity contribution >= 4 is 21.7 Å². The van der Waals surface area contributed by atoms with E-state index in [4.69, 9.17) is 0 Å². The van der Waals surface area contributed by atoms with E-state index in [0.29, 0.717) is 11.6 Å². The highest BCUT2D eigenvalue weighted by molar-refractivity contribution is 7.92. The summed E-state index contributed by atoms with van der Waals surface area (Å²) < 4.78 is 69.2. The maximum absolute atomic E-state index is 13.2. The number of carbonyl (C=O) groups is 1. The van der Waals surface area contributed by atoms with E-state index in [1.165, 1.54) is 35.4 Å². The minimum absolute atomic E-state index is 0.122. The molecule has 0 aliphatic rings. The van der Waals surface area contributed by atoms with E-state index in [0.717, 1.165) is 18.2 Å². The molecule has 1 aromatic heterocycles. The van der Waals surface area contributed by atoms with Crippen LogP contribution in [-0.4, -0.2) is 29.0 Å². The monoisotopic (exact) mass is 439 g/mol. The minimum atomic E-state index is -4.69. The van der Waals surface area contributed by atoms with Gasteiger partial charge in [-0.25, -0.2) is 18.2 Å². The number of carboxylic acids is 1. The lowest BCUT2D eigenvalue weighted by atomic mass is 10.1. The Morgan fingerprint density at radius 2 is 1.93 bits per heavy atom. The van der Waals surface area contributed by atoms with Gasteiger partial charge in [0, 0.05) is 12.4 Å². The SMILES string of the molecule is CCc1ccc(C(=O)O)cc1S(=O)(=O)Nc1cc(C(F)(F)F)ccc1-n1ccnc1. The Morgan fingerprint density at radius 1 is 1.20 bits per heavy atom. The molecule has 0 fully saturated rings. The number of imidazole rings is 1. The van der Waals surface area contributed by atoms with Crippen molar-refractivity contribution in [3.05, 3.63) is 71.8 Å². The molecule has 0 unspecified atom stereocenters. The van der Waals surface area contributed by atoms with Crippen LogP contribution in [0.3, 0.4) is 0 Å². The Bertz CT molecular complexity index is 1190. The van der Waals surface area contributed by atoms with Crippen molar-refractivity contribution in [2.45, 2.75) is 24.4 Å². The van der Waals surface area contributed by atoms with Gasteiger partial charge in [0.05, 0.1) is 33.7 Å². The zero-order valence-electron chi connectivity index (χ0n) is 15.5. The third-order valence-electron chi connectivity index (χ3n) is 4.34. The fraction of sp³-hybridized carbons (Fsp3) is 0.158. The zero-order valence-corrected chi connectivity index (χ0v) is 16.3. The predicted molar refractivity (Wildman–Crippen MR) is 102 cm³/mol. The molecule has 158 valence electrons. The summed E-state index contributed by atoms with van der Waals surface area (Å²) in [6.07, 6.45) is -0.272. The molecular formula is C19H16F3N3O4S. The zero-order chi connectivity index (χ0) is 22.1. The van der Waals surface area contributed by atoms with Crippen LogP contribution in [0.2, 0.25) is 0 Å². The molecule has 30 heavy (non-hydrogen) atoms. The van der Waals surface area contributed by atoms with Crippen LogP contribution in [0.25, 0.3) is 5.69 Å². The van der Waals surface area contributed by atoms with Crippen molar-refractivity contribution in [1.82, 2.24) is 9.55 Å². The van der Waals surface area contributed by atoms with Gasteiger partial charge in [-0.15, -0.1) is 0 Å². The van der Waals surface area contributed by atoms with Gasteiger partial charge in [-0.1, -0.05) is 13.0 Å². The number of sulfonamides is 1. The summed E-state index contributed by atoms with van der Waals surface area (Å²) in [5.41, 5.74) is -1.18. The van der Waals surface area contributed by atoms with Crippen molar-refractivity contribution in [1.29, 1.82) is 0 Å². The molecule has 2 N–H and O–H groups in total. The number of nitrogens with one attached hydrogen (secondary N) is 1. The van der Waals surface area contributed by atoms with Crippen molar-refractivity contribution in [2.75, 3.05) is 4.72 Å². The average molecular weight is 439 g/mol. The lowest BCUT2D eigenvalue weighted by molar-refractivity contribution is -0.137. The van der Waals surface area contributed by atoms with Gasteiger partial charge in [-0.2, -0.15) is 13.2 Å². The fourth-order valence-corrected chi connectivity index (χ4v) is 4.25. The number of benzene rings is 2. The van der Waals surface area contributed by atoms with Gasteiger partial charge in [-0.3, -0.25) is 4.72 Å². The van der Waals surface area contributed by atoms with Crippen LogP contribution in [0.15, 0.2) is 60.0 Å². The molecule has 7 nitrogen and oxygen atoms in total. The first-order chi connectivity index (χ1) is 14.0. The molecule has 0 spiro atoms. The molecule has 1 heterocycles. The minimum Gasteiger partial charge on any atom is -0.478 e. The number of hydrogen-bond acceptors (Lipinski definition) is 4. The second-order valence-corrected chi connectivity index (χ2v) is 7.94. The number of carboxylic acid groups (broad SMARTS) is 1. The molecule has 0 radical (unpaired) electrons. The molecule has 0 saturated carbocycles. The van der Waals surface area contributed by atoms with Gasteiger partial charge < -0.3 is 9.67 Å². The normalized spacial score (nSPS) is 12.0. The van der Waals surface area contributed by atoms with Crippen molar-refractivity contribution in [2.24, 2.45) is 0 Å². The summed E-state index contributed by atoms with van der Waals surface area (Å²) in [6, 6.07) is 6.24. The summed E-state index contributed by atoms with van der Waals surface area (Å²) in [5, 5.41) is 9.17. The Balaban J connectivity index is 2.15. The first-order valence-corrected chi connectivity index (χ1v) is 10.1. The van der Waals surface area contributed by atoms with Gasteiger partial charge in [-0.05, 0) is 42.3 Å². The number of anilines is 1. The first-order valence-electron chi connectivity index (χ1n) is 8.61. The largest absolute Gasteiger partial charge is 0.478 e. The molecule has 0 aliphatic carbocycles. The van der Waals surface area contributed by atoms with Gasteiger partial charge in [0.2, 0.25) is 0 Å². The summed E-state index contributed by atoms with van der Waals surface area (Å²) in [6.45, 7) is 1.68. The van der Waals surface area contributed by atoms with E-state index in [9.17, 15) is 31.5 Å². The quantitative estimate of drug-likeness (QED) is 0.606. The molecule has 0 saturated heterocycles. The van der Waals surface area contributed by atoms with E-state index >= 15 is 0 Å². The number of nitrogens with zero attached hydrogens (tertiary/aromatic N) is 2. The Labute approximate surface area is 169 Å². The molecule has 0 aliphatic heterocycles. The highest BCUT2D eigenvalue weighted by atomic mass is 32.2. The molecule has 2 aromatic carbocycles. The van der Waals surface area contributed by atoms with E-state index in [1.807, 2.05) is 0 Å². The molecule has 0 amide bonds. The summed E-state index contributed by atoms with van der Waals surface area (Å²) in [7, 11) is -4.40. The smallest absolute Gasteiger partial charge is 0.416 e. The highest BCUT2D eigenvalue weighted by Gasteiger charge is 2.32. The van der Waals surface area contributed by atoms with Crippen molar-refractivity contribution in [3.8, 4) is 5.69 Å². The Hall–Kier alpha value is -3.34. The topological polar surface area (TPSA) is 101 Å². The van der Waals surface area contributed by atoms with Crippen LogP contribution in [-0.2, 0) is 22.6 Å². The Kier molecular flexibility index (Phi) is 5.57. The lowest BCUT2D eigenvalue weighted by Crippen LogP contribution is -2.18. The molecule has 3 rings (SSSR count). The summed E-state index contributed by atoms with van der Waals surface area (Å²) in [4.78, 5) is 14.8. The number of aromatic nitrogens is 2. The van der Waals surface area contributed by atoms with Crippen LogP contribution >= 0.6 is 0 Å². The molecular weight excluding hydrogens is 423 g/mol. The second-order valence-electron chi connectivity index (χ2n) is 6.29. The first kappa shape index (κ1) is 21.4. The van der Waals surface area contributed by atoms with Crippen molar-refractivity contribution in [3.63, 3.8) is 0 Å². The number of alkyl halides is 3. The van der Waals surface area contributed by atoms with E-state index in [1.54, 1.807) is 6.92 Å². The predicted octanol–water partition coefficient (Wildman–Crippen LogP) is 3.95. The third kappa shape index (κ3) is 4.30. The van der Waals surface area contributed by atoms with Crippen LogP contribution in [0.4, 0.5) is 18.9 Å².